The third-order valence-electron chi connectivity index (χ3n) is 2.83. The van der Waals surface area contributed by atoms with Crippen LogP contribution in [0.1, 0.15) is 21.5 Å². The number of amides is 1. The van der Waals surface area contributed by atoms with Gasteiger partial charge in [-0.1, -0.05) is 30.3 Å². The molecule has 0 aliphatic carbocycles. The zero-order valence-electron chi connectivity index (χ0n) is 10.5. The Labute approximate surface area is 130 Å². The minimum absolute atomic E-state index is 0.0248. The molecule has 0 unspecified atom stereocenters. The van der Waals surface area contributed by atoms with Crippen LogP contribution in [0.4, 0.5) is 4.39 Å². The molecule has 1 amide bonds. The molecule has 2 nitrogen and oxygen atoms in total. The van der Waals surface area contributed by atoms with Crippen molar-refractivity contribution in [3.63, 3.8) is 0 Å². The molecule has 0 spiro atoms. The lowest BCUT2D eigenvalue weighted by molar-refractivity contribution is 0.0946. The second kappa shape index (κ2) is 6.86. The number of benzene rings is 2. The summed E-state index contributed by atoms with van der Waals surface area (Å²) in [6, 6.07) is 12.2. The monoisotopic (exact) mass is 355 g/mol. The van der Waals surface area contributed by atoms with Crippen LogP contribution in [0, 0.1) is 5.82 Å². The molecule has 0 heterocycles. The first-order valence-electron chi connectivity index (χ1n) is 5.98. The summed E-state index contributed by atoms with van der Waals surface area (Å²) in [5.41, 5.74) is 1.97. The van der Waals surface area contributed by atoms with E-state index in [1.807, 2.05) is 24.3 Å². The third-order valence-corrected chi connectivity index (χ3v) is 3.75. The van der Waals surface area contributed by atoms with E-state index in [1.165, 1.54) is 6.07 Å². The Morgan fingerprint density at radius 3 is 2.45 bits per heavy atom. The van der Waals surface area contributed by atoms with Crippen LogP contribution < -0.4 is 5.32 Å². The molecule has 0 fully saturated rings. The molecule has 20 heavy (non-hydrogen) atoms. The highest BCUT2D eigenvalue weighted by molar-refractivity contribution is 9.10. The normalized spacial score (nSPS) is 10.3. The van der Waals surface area contributed by atoms with Crippen molar-refractivity contribution in [2.75, 3.05) is 0 Å². The average Bonchev–Trinajstić information content (AvgIpc) is 2.48. The Hall–Kier alpha value is -1.39. The highest BCUT2D eigenvalue weighted by Gasteiger charge is 2.13. The summed E-state index contributed by atoms with van der Waals surface area (Å²) >= 11 is 8.76. The van der Waals surface area contributed by atoms with E-state index in [2.05, 4.69) is 21.2 Å². The fourth-order valence-electron chi connectivity index (χ4n) is 1.70. The average molecular weight is 357 g/mol. The molecular weight excluding hydrogens is 345 g/mol. The first-order chi connectivity index (χ1) is 9.61. The van der Waals surface area contributed by atoms with E-state index in [1.54, 1.807) is 12.1 Å². The maximum Gasteiger partial charge on any atom is 0.254 e. The van der Waals surface area contributed by atoms with E-state index in [0.29, 0.717) is 12.4 Å². The number of carbonyl (C=O) groups excluding carboxylic acids is 1. The molecular formula is C15H12BrClFNO. The predicted octanol–water partition coefficient (Wildman–Crippen LogP) is 4.26. The van der Waals surface area contributed by atoms with Gasteiger partial charge in [-0.3, -0.25) is 4.79 Å². The summed E-state index contributed by atoms with van der Waals surface area (Å²) in [5, 5.41) is 2.69. The number of hydrogen-bond acceptors (Lipinski definition) is 1. The van der Waals surface area contributed by atoms with Gasteiger partial charge in [0, 0.05) is 12.4 Å². The Morgan fingerprint density at radius 2 is 1.80 bits per heavy atom. The van der Waals surface area contributed by atoms with Crippen molar-refractivity contribution in [3.05, 3.63) is 69.4 Å². The van der Waals surface area contributed by atoms with E-state index in [-0.39, 0.29) is 10.0 Å². The Morgan fingerprint density at radius 1 is 1.15 bits per heavy atom. The summed E-state index contributed by atoms with van der Waals surface area (Å²) in [6.45, 7) is 0.341. The van der Waals surface area contributed by atoms with Crippen molar-refractivity contribution in [2.45, 2.75) is 12.4 Å². The van der Waals surface area contributed by atoms with Gasteiger partial charge in [0.15, 0.2) is 0 Å². The van der Waals surface area contributed by atoms with Crippen LogP contribution in [-0.4, -0.2) is 5.91 Å². The smallest absolute Gasteiger partial charge is 0.254 e. The van der Waals surface area contributed by atoms with E-state index in [4.69, 9.17) is 11.6 Å². The lowest BCUT2D eigenvalue weighted by atomic mass is 10.1. The highest BCUT2D eigenvalue weighted by Crippen LogP contribution is 2.18. The van der Waals surface area contributed by atoms with Gasteiger partial charge in [-0.15, -0.1) is 11.6 Å². The molecule has 0 saturated heterocycles. The SMILES string of the molecule is O=C(NCc1ccc(CCl)cc1)c1cccc(Br)c1F. The van der Waals surface area contributed by atoms with Gasteiger partial charge in [0.25, 0.3) is 5.91 Å². The molecule has 0 aliphatic rings. The second-order valence-electron chi connectivity index (χ2n) is 4.23. The number of hydrogen-bond donors (Lipinski definition) is 1. The van der Waals surface area contributed by atoms with E-state index in [0.717, 1.165) is 11.1 Å². The Balaban J connectivity index is 2.02. The quantitative estimate of drug-likeness (QED) is 0.815. The number of carbonyl (C=O) groups is 1. The summed E-state index contributed by atoms with van der Waals surface area (Å²) in [5.74, 6) is -0.539. The molecule has 0 aromatic heterocycles. The third kappa shape index (κ3) is 3.58. The molecule has 0 radical (unpaired) electrons. The van der Waals surface area contributed by atoms with E-state index in [9.17, 15) is 9.18 Å². The maximum absolute atomic E-state index is 13.8. The largest absolute Gasteiger partial charge is 0.348 e. The zero-order valence-corrected chi connectivity index (χ0v) is 12.8. The van der Waals surface area contributed by atoms with Gasteiger partial charge in [-0.2, -0.15) is 0 Å². The topological polar surface area (TPSA) is 29.1 Å². The zero-order chi connectivity index (χ0) is 14.5. The summed E-state index contributed by atoms with van der Waals surface area (Å²) in [7, 11) is 0. The predicted molar refractivity (Wildman–Crippen MR) is 81.3 cm³/mol. The van der Waals surface area contributed by atoms with Crippen LogP contribution in [0.15, 0.2) is 46.9 Å². The minimum atomic E-state index is -0.553. The van der Waals surface area contributed by atoms with Gasteiger partial charge in [-0.05, 0) is 39.2 Å². The van der Waals surface area contributed by atoms with Crippen LogP contribution in [-0.2, 0) is 12.4 Å². The molecule has 5 heteroatoms. The molecule has 0 saturated carbocycles. The van der Waals surface area contributed by atoms with Gasteiger partial charge in [0.2, 0.25) is 0 Å². The fourth-order valence-corrected chi connectivity index (χ4v) is 2.25. The first kappa shape index (κ1) is 15.0. The summed E-state index contributed by atoms with van der Waals surface area (Å²) in [4.78, 5) is 11.9. The van der Waals surface area contributed by atoms with E-state index < -0.39 is 11.7 Å². The molecule has 0 bridgehead atoms. The second-order valence-corrected chi connectivity index (χ2v) is 5.36. The van der Waals surface area contributed by atoms with Gasteiger partial charge >= 0.3 is 0 Å². The lowest BCUT2D eigenvalue weighted by Gasteiger charge is -2.07. The van der Waals surface area contributed by atoms with Crippen molar-refractivity contribution >= 4 is 33.4 Å². The van der Waals surface area contributed by atoms with Gasteiger partial charge in [0.05, 0.1) is 10.0 Å². The fraction of sp³-hybridized carbons (Fsp3) is 0.133. The Kier molecular flexibility index (Phi) is 5.15. The number of rotatable bonds is 4. The van der Waals surface area contributed by atoms with Crippen LogP contribution in [0.2, 0.25) is 0 Å². The van der Waals surface area contributed by atoms with E-state index >= 15 is 0 Å². The van der Waals surface area contributed by atoms with Crippen LogP contribution in [0.25, 0.3) is 0 Å². The maximum atomic E-state index is 13.8. The van der Waals surface area contributed by atoms with Crippen molar-refractivity contribution in [2.24, 2.45) is 0 Å². The summed E-state index contributed by atoms with van der Waals surface area (Å²) in [6.07, 6.45) is 0. The number of nitrogens with one attached hydrogen (secondary N) is 1. The molecule has 1 N–H and O–H groups in total. The molecule has 2 aromatic carbocycles. The van der Waals surface area contributed by atoms with Gasteiger partial charge in [0.1, 0.15) is 5.82 Å². The molecule has 0 aliphatic heterocycles. The summed E-state index contributed by atoms with van der Waals surface area (Å²) < 4.78 is 14.0. The molecule has 0 atom stereocenters. The Bertz CT molecular complexity index is 616. The van der Waals surface area contributed by atoms with Crippen molar-refractivity contribution in [1.82, 2.24) is 5.32 Å². The van der Waals surface area contributed by atoms with Crippen molar-refractivity contribution in [3.8, 4) is 0 Å². The molecule has 2 aromatic rings. The van der Waals surface area contributed by atoms with Crippen molar-refractivity contribution < 1.29 is 9.18 Å². The minimum Gasteiger partial charge on any atom is -0.348 e. The number of halogens is 3. The highest BCUT2D eigenvalue weighted by atomic mass is 79.9. The van der Waals surface area contributed by atoms with Gasteiger partial charge in [-0.25, -0.2) is 4.39 Å². The van der Waals surface area contributed by atoms with Gasteiger partial charge < -0.3 is 5.32 Å². The van der Waals surface area contributed by atoms with Crippen molar-refractivity contribution in [1.29, 1.82) is 0 Å². The molecule has 104 valence electrons. The number of alkyl halides is 1. The molecule has 2 rings (SSSR count). The van der Waals surface area contributed by atoms with Crippen LogP contribution >= 0.6 is 27.5 Å². The lowest BCUT2D eigenvalue weighted by Crippen LogP contribution is -2.23. The standard InChI is InChI=1S/C15H12BrClFNO/c16-13-3-1-2-12(14(13)18)15(20)19-9-11-6-4-10(8-17)5-7-11/h1-7H,8-9H2,(H,19,20). The van der Waals surface area contributed by atoms with Crippen LogP contribution in [0.5, 0.6) is 0 Å². The van der Waals surface area contributed by atoms with Crippen LogP contribution in [0.3, 0.4) is 0 Å². The first-order valence-corrected chi connectivity index (χ1v) is 7.30.